The minimum atomic E-state index is -1.13. The molecule has 0 radical (unpaired) electrons. The minimum absolute atomic E-state index is 0.0746. The van der Waals surface area contributed by atoms with Gasteiger partial charge in [-0.15, -0.1) is 0 Å². The Morgan fingerprint density at radius 2 is 1.58 bits per heavy atom. The summed E-state index contributed by atoms with van der Waals surface area (Å²) in [4.78, 5) is 56.8. The molecule has 0 saturated carbocycles. The van der Waals surface area contributed by atoms with Gasteiger partial charge in [-0.1, -0.05) is 0 Å². The Bertz CT molecular complexity index is 513. The predicted octanol–water partition coefficient (Wildman–Crippen LogP) is -2.24. The zero-order valence-electron chi connectivity index (χ0n) is 13.4. The van der Waals surface area contributed by atoms with Crippen LogP contribution in [-0.4, -0.2) is 58.6 Å². The average molecular weight is 362 g/mol. The molecule has 0 aromatic heterocycles. The highest BCUT2D eigenvalue weighted by Gasteiger charge is 2.27. The second-order valence-corrected chi connectivity index (χ2v) is 5.43. The number of nitrogens with one attached hydrogen (secondary N) is 3. The second-order valence-electron chi connectivity index (χ2n) is 5.06. The molecule has 0 heterocycles. The molecule has 0 bridgehead atoms. The Kier molecular flexibility index (Phi) is 9.47. The molecule has 11 heteroatoms. The summed E-state index contributed by atoms with van der Waals surface area (Å²) in [5.74, 6) is -3.87. The van der Waals surface area contributed by atoms with Gasteiger partial charge in [0.15, 0.2) is 0 Å². The van der Waals surface area contributed by atoms with Crippen molar-refractivity contribution in [2.45, 2.75) is 44.8 Å². The van der Waals surface area contributed by atoms with Crippen molar-refractivity contribution in [2.75, 3.05) is 5.75 Å². The number of carboxylic acids is 1. The highest BCUT2D eigenvalue weighted by molar-refractivity contribution is 7.80. The fourth-order valence-electron chi connectivity index (χ4n) is 1.63. The number of amides is 4. The Labute approximate surface area is 144 Å². The molecule has 0 aliphatic carbocycles. The van der Waals surface area contributed by atoms with Crippen LogP contribution in [0, 0.1) is 0 Å². The summed E-state index contributed by atoms with van der Waals surface area (Å²) in [7, 11) is 0. The van der Waals surface area contributed by atoms with Gasteiger partial charge >= 0.3 is 5.97 Å². The van der Waals surface area contributed by atoms with Gasteiger partial charge in [0.1, 0.15) is 18.1 Å². The average Bonchev–Trinajstić information content (AvgIpc) is 2.47. The zero-order chi connectivity index (χ0) is 18.9. The summed E-state index contributed by atoms with van der Waals surface area (Å²) < 4.78 is 0. The van der Waals surface area contributed by atoms with Gasteiger partial charge in [0.25, 0.3) is 0 Å². The van der Waals surface area contributed by atoms with Gasteiger partial charge < -0.3 is 26.8 Å². The lowest BCUT2D eigenvalue weighted by atomic mass is 10.1. The van der Waals surface area contributed by atoms with E-state index in [9.17, 15) is 24.0 Å². The third-order valence-corrected chi connectivity index (χ3v) is 3.31. The number of carbonyl (C=O) groups is 5. The highest BCUT2D eigenvalue weighted by Crippen LogP contribution is 2.00. The third kappa shape index (κ3) is 8.36. The van der Waals surface area contributed by atoms with Crippen LogP contribution in [0.4, 0.5) is 0 Å². The molecule has 0 aliphatic rings. The van der Waals surface area contributed by atoms with Crippen molar-refractivity contribution < 1.29 is 29.1 Å². The maximum atomic E-state index is 12.2. The summed E-state index contributed by atoms with van der Waals surface area (Å²) in [6.07, 6.45) is -0.478. The number of nitrogens with two attached hydrogens (primary N) is 1. The van der Waals surface area contributed by atoms with Crippen LogP contribution >= 0.6 is 12.6 Å². The van der Waals surface area contributed by atoms with E-state index in [1.807, 2.05) is 0 Å². The van der Waals surface area contributed by atoms with Crippen molar-refractivity contribution >= 4 is 42.2 Å². The van der Waals surface area contributed by atoms with Crippen molar-refractivity contribution in [2.24, 2.45) is 5.73 Å². The molecule has 0 unspecified atom stereocenters. The fraction of sp³-hybridized carbons (Fsp3) is 0.615. The van der Waals surface area contributed by atoms with E-state index >= 15 is 0 Å². The minimum Gasteiger partial charge on any atom is -0.481 e. The molecule has 0 aromatic rings. The predicted molar refractivity (Wildman–Crippen MR) is 87.1 cm³/mol. The number of thiol groups is 1. The molecule has 0 saturated heterocycles. The van der Waals surface area contributed by atoms with Crippen LogP contribution in [-0.2, 0) is 24.0 Å². The van der Waals surface area contributed by atoms with Gasteiger partial charge in [0, 0.05) is 19.1 Å². The Morgan fingerprint density at radius 3 is 2.00 bits per heavy atom. The van der Waals surface area contributed by atoms with Crippen molar-refractivity contribution in [3.8, 4) is 0 Å². The highest BCUT2D eigenvalue weighted by atomic mass is 32.1. The monoisotopic (exact) mass is 362 g/mol. The summed E-state index contributed by atoms with van der Waals surface area (Å²) in [6.45, 7) is 2.56. The van der Waals surface area contributed by atoms with Crippen molar-refractivity contribution in [3.05, 3.63) is 0 Å². The Hall–Kier alpha value is -2.30. The van der Waals surface area contributed by atoms with Crippen molar-refractivity contribution in [1.82, 2.24) is 16.0 Å². The first kappa shape index (κ1) is 21.7. The molecule has 0 rings (SSSR count). The molecule has 0 aliphatic heterocycles. The molecule has 10 nitrogen and oxygen atoms in total. The molecule has 3 atom stereocenters. The fourth-order valence-corrected chi connectivity index (χ4v) is 1.89. The van der Waals surface area contributed by atoms with Gasteiger partial charge in [0.05, 0.1) is 0 Å². The first-order valence-corrected chi connectivity index (χ1v) is 7.71. The van der Waals surface area contributed by atoms with Gasteiger partial charge in [-0.3, -0.25) is 24.0 Å². The quantitative estimate of drug-likeness (QED) is 0.240. The van der Waals surface area contributed by atoms with Crippen LogP contribution in [0.3, 0.4) is 0 Å². The lowest BCUT2D eigenvalue weighted by Crippen LogP contribution is -2.56. The number of hydrogen-bond donors (Lipinski definition) is 6. The maximum absolute atomic E-state index is 12.2. The topological polar surface area (TPSA) is 168 Å². The van der Waals surface area contributed by atoms with Gasteiger partial charge in [-0.2, -0.15) is 12.6 Å². The van der Waals surface area contributed by atoms with Crippen LogP contribution in [0.15, 0.2) is 0 Å². The second kappa shape index (κ2) is 10.5. The first-order valence-electron chi connectivity index (χ1n) is 7.08. The lowest BCUT2D eigenvalue weighted by Gasteiger charge is -2.22. The standard InChI is InChI=1S/C13H22N4O6S/c1-6(11(14)21)15-13(23)9(5-24)17-12(22)8(16-7(2)18)3-4-10(19)20/h6,8-9,24H,3-5H2,1-2H3,(H2,14,21)(H,15,23)(H,16,18)(H,17,22)(H,19,20)/t6-,8-,9-/m0/s1. The third-order valence-electron chi connectivity index (χ3n) is 2.94. The van der Waals surface area contributed by atoms with E-state index in [2.05, 4.69) is 28.6 Å². The van der Waals surface area contributed by atoms with E-state index in [0.717, 1.165) is 0 Å². The summed E-state index contributed by atoms with van der Waals surface area (Å²) >= 11 is 3.95. The number of primary amides is 1. The van der Waals surface area contributed by atoms with Crippen LogP contribution in [0.1, 0.15) is 26.7 Å². The summed E-state index contributed by atoms with van der Waals surface area (Å²) in [5.41, 5.74) is 5.03. The zero-order valence-corrected chi connectivity index (χ0v) is 14.3. The number of carboxylic acid groups (broad SMARTS) is 1. The van der Waals surface area contributed by atoms with E-state index in [1.165, 1.54) is 13.8 Å². The van der Waals surface area contributed by atoms with E-state index in [1.54, 1.807) is 0 Å². The van der Waals surface area contributed by atoms with E-state index in [4.69, 9.17) is 10.8 Å². The number of hydrogen-bond acceptors (Lipinski definition) is 6. The summed E-state index contributed by atoms with van der Waals surface area (Å²) in [6, 6.07) is -3.12. The Balaban J connectivity index is 4.87. The molecule has 4 amide bonds. The van der Waals surface area contributed by atoms with Gasteiger partial charge in [0.2, 0.25) is 23.6 Å². The Morgan fingerprint density at radius 1 is 1.04 bits per heavy atom. The van der Waals surface area contributed by atoms with Gasteiger partial charge in [-0.25, -0.2) is 0 Å². The van der Waals surface area contributed by atoms with Gasteiger partial charge in [-0.05, 0) is 13.3 Å². The molecule has 0 aromatic carbocycles. The molecule has 24 heavy (non-hydrogen) atoms. The molecular weight excluding hydrogens is 340 g/mol. The normalized spacial score (nSPS) is 14.0. The molecule has 0 fully saturated rings. The van der Waals surface area contributed by atoms with E-state index in [0.29, 0.717) is 0 Å². The summed E-state index contributed by atoms with van der Waals surface area (Å²) in [5, 5.41) is 15.7. The number of aliphatic carboxylic acids is 1. The van der Waals surface area contributed by atoms with Crippen LogP contribution in [0.2, 0.25) is 0 Å². The number of carbonyl (C=O) groups excluding carboxylic acids is 4. The largest absolute Gasteiger partial charge is 0.481 e. The smallest absolute Gasteiger partial charge is 0.303 e. The molecule has 0 spiro atoms. The van der Waals surface area contributed by atoms with Crippen LogP contribution in [0.5, 0.6) is 0 Å². The maximum Gasteiger partial charge on any atom is 0.303 e. The number of rotatable bonds is 10. The van der Waals surface area contributed by atoms with Crippen molar-refractivity contribution in [1.29, 1.82) is 0 Å². The van der Waals surface area contributed by atoms with E-state index in [-0.39, 0.29) is 18.6 Å². The molecule has 6 N–H and O–H groups in total. The SMILES string of the molecule is CC(=O)N[C@@H](CCC(=O)O)C(=O)N[C@@H](CS)C(=O)N[C@@H](C)C(N)=O. The molecular formula is C13H22N4O6S. The van der Waals surface area contributed by atoms with Crippen LogP contribution < -0.4 is 21.7 Å². The lowest BCUT2D eigenvalue weighted by molar-refractivity contribution is -0.138. The molecule has 136 valence electrons. The first-order chi connectivity index (χ1) is 11.1. The van der Waals surface area contributed by atoms with Crippen LogP contribution in [0.25, 0.3) is 0 Å². The van der Waals surface area contributed by atoms with E-state index < -0.39 is 47.7 Å². The van der Waals surface area contributed by atoms with Crippen molar-refractivity contribution in [3.63, 3.8) is 0 Å².